The molecule has 0 aromatic heterocycles. The zero-order chi connectivity index (χ0) is 14.7. The monoisotopic (exact) mass is 267 g/mol. The summed E-state index contributed by atoms with van der Waals surface area (Å²) in [7, 11) is 1.99. The van der Waals surface area contributed by atoms with E-state index in [2.05, 4.69) is 75.5 Å². The molecule has 0 spiro atoms. The van der Waals surface area contributed by atoms with E-state index in [-0.39, 0.29) is 0 Å². The van der Waals surface area contributed by atoms with Gasteiger partial charge in [0.25, 0.3) is 0 Å². The average molecular weight is 267 g/mol. The van der Waals surface area contributed by atoms with Crippen molar-refractivity contribution >= 4 is 5.69 Å². The van der Waals surface area contributed by atoms with Crippen LogP contribution < -0.4 is 5.32 Å². The molecule has 0 atom stereocenters. The van der Waals surface area contributed by atoms with Crippen molar-refractivity contribution in [2.24, 2.45) is 0 Å². The van der Waals surface area contributed by atoms with E-state index in [1.54, 1.807) is 0 Å². The fourth-order valence-electron chi connectivity index (χ4n) is 2.61. The highest BCUT2D eigenvalue weighted by molar-refractivity contribution is 5.80. The second-order valence-corrected chi connectivity index (χ2v) is 5.95. The van der Waals surface area contributed by atoms with E-state index < -0.39 is 0 Å². The van der Waals surface area contributed by atoms with Gasteiger partial charge in [-0.25, -0.2) is 0 Å². The number of anilines is 1. The molecule has 0 unspecified atom stereocenters. The lowest BCUT2D eigenvalue weighted by molar-refractivity contribution is 0.847. The molecule has 0 aliphatic rings. The molecule has 1 N–H and O–H groups in total. The summed E-state index contributed by atoms with van der Waals surface area (Å²) in [5, 5.41) is 3.31. The van der Waals surface area contributed by atoms with Crippen LogP contribution in [0.5, 0.6) is 0 Å². The molecule has 0 fully saturated rings. The topological polar surface area (TPSA) is 12.0 Å². The number of hydrogen-bond donors (Lipinski definition) is 1. The third-order valence-corrected chi connectivity index (χ3v) is 3.85. The number of benzene rings is 2. The SMILES string of the molecule is CNc1ccccc1-c1cc(C(C)C)ccc1C(C)C. The maximum absolute atomic E-state index is 3.31. The van der Waals surface area contributed by atoms with Crippen molar-refractivity contribution in [2.45, 2.75) is 39.5 Å². The van der Waals surface area contributed by atoms with Gasteiger partial charge in [0.1, 0.15) is 0 Å². The van der Waals surface area contributed by atoms with Gasteiger partial charge < -0.3 is 5.32 Å². The quantitative estimate of drug-likeness (QED) is 0.755. The second-order valence-electron chi connectivity index (χ2n) is 5.95. The zero-order valence-electron chi connectivity index (χ0n) is 13.2. The molecule has 20 heavy (non-hydrogen) atoms. The van der Waals surface area contributed by atoms with Crippen molar-refractivity contribution in [3.63, 3.8) is 0 Å². The van der Waals surface area contributed by atoms with Gasteiger partial charge in [0, 0.05) is 18.3 Å². The number of para-hydroxylation sites is 1. The van der Waals surface area contributed by atoms with E-state index in [1.165, 1.54) is 27.9 Å². The van der Waals surface area contributed by atoms with Gasteiger partial charge in [-0.15, -0.1) is 0 Å². The number of rotatable bonds is 4. The molecule has 1 nitrogen and oxygen atoms in total. The Hall–Kier alpha value is -1.76. The van der Waals surface area contributed by atoms with Crippen molar-refractivity contribution in [2.75, 3.05) is 12.4 Å². The summed E-state index contributed by atoms with van der Waals surface area (Å²) in [6.07, 6.45) is 0. The number of nitrogens with one attached hydrogen (secondary N) is 1. The predicted molar refractivity (Wildman–Crippen MR) is 89.6 cm³/mol. The summed E-state index contributed by atoms with van der Waals surface area (Å²) in [4.78, 5) is 0. The molecule has 2 aromatic rings. The lowest BCUT2D eigenvalue weighted by Crippen LogP contribution is -1.99. The van der Waals surface area contributed by atoms with E-state index in [0.29, 0.717) is 11.8 Å². The minimum Gasteiger partial charge on any atom is -0.388 e. The van der Waals surface area contributed by atoms with Crippen LogP contribution in [0.15, 0.2) is 42.5 Å². The van der Waals surface area contributed by atoms with E-state index in [1.807, 2.05) is 7.05 Å². The van der Waals surface area contributed by atoms with Crippen LogP contribution >= 0.6 is 0 Å². The Labute approximate surface area is 123 Å². The van der Waals surface area contributed by atoms with Gasteiger partial charge in [-0.2, -0.15) is 0 Å². The average Bonchev–Trinajstić information content (AvgIpc) is 2.46. The fourth-order valence-corrected chi connectivity index (χ4v) is 2.61. The first-order chi connectivity index (χ1) is 9.54. The van der Waals surface area contributed by atoms with Gasteiger partial charge in [0.15, 0.2) is 0 Å². The Bertz CT molecular complexity index is 582. The van der Waals surface area contributed by atoms with E-state index in [4.69, 9.17) is 0 Å². The minimum absolute atomic E-state index is 0.524. The standard InChI is InChI=1S/C19H25N/c1-13(2)15-10-11-16(14(3)4)18(12-15)17-8-6-7-9-19(17)20-5/h6-14,20H,1-5H3. The lowest BCUT2D eigenvalue weighted by atomic mass is 9.88. The third-order valence-electron chi connectivity index (χ3n) is 3.85. The van der Waals surface area contributed by atoms with Crippen LogP contribution in [-0.4, -0.2) is 7.05 Å². The summed E-state index contributed by atoms with van der Waals surface area (Å²) in [6, 6.07) is 15.5. The van der Waals surface area contributed by atoms with Crippen molar-refractivity contribution in [1.82, 2.24) is 0 Å². The first kappa shape index (κ1) is 14.6. The third kappa shape index (κ3) is 2.87. The first-order valence-electron chi connectivity index (χ1n) is 7.45. The van der Waals surface area contributed by atoms with Gasteiger partial charge in [0.05, 0.1) is 0 Å². The molecule has 0 saturated heterocycles. The smallest absolute Gasteiger partial charge is 0.0417 e. The van der Waals surface area contributed by atoms with Gasteiger partial charge in [-0.3, -0.25) is 0 Å². The fraction of sp³-hybridized carbons (Fsp3) is 0.368. The molecular formula is C19H25N. The Morgan fingerprint density at radius 2 is 1.50 bits per heavy atom. The normalized spacial score (nSPS) is 11.2. The van der Waals surface area contributed by atoms with E-state index in [9.17, 15) is 0 Å². The van der Waals surface area contributed by atoms with Gasteiger partial charge in [0.2, 0.25) is 0 Å². The van der Waals surface area contributed by atoms with Crippen LogP contribution in [0.25, 0.3) is 11.1 Å². The zero-order valence-corrected chi connectivity index (χ0v) is 13.2. The van der Waals surface area contributed by atoms with Crippen molar-refractivity contribution < 1.29 is 0 Å². The van der Waals surface area contributed by atoms with Crippen molar-refractivity contribution in [3.8, 4) is 11.1 Å². The second kappa shape index (κ2) is 6.13. The molecule has 2 aromatic carbocycles. The molecule has 0 amide bonds. The summed E-state index contributed by atoms with van der Waals surface area (Å²) in [5.74, 6) is 1.08. The van der Waals surface area contributed by atoms with Gasteiger partial charge in [-0.1, -0.05) is 64.1 Å². The highest BCUT2D eigenvalue weighted by Crippen LogP contribution is 2.35. The summed E-state index contributed by atoms with van der Waals surface area (Å²) in [5.41, 5.74) is 6.65. The molecule has 106 valence electrons. The molecule has 0 aliphatic carbocycles. The Morgan fingerprint density at radius 3 is 2.10 bits per heavy atom. The van der Waals surface area contributed by atoms with Crippen molar-refractivity contribution in [3.05, 3.63) is 53.6 Å². The highest BCUT2D eigenvalue weighted by Gasteiger charge is 2.13. The summed E-state index contributed by atoms with van der Waals surface area (Å²) >= 11 is 0. The molecule has 0 radical (unpaired) electrons. The van der Waals surface area contributed by atoms with Gasteiger partial charge >= 0.3 is 0 Å². The van der Waals surface area contributed by atoms with E-state index >= 15 is 0 Å². The molecule has 0 aliphatic heterocycles. The van der Waals surface area contributed by atoms with E-state index in [0.717, 1.165) is 0 Å². The molecule has 0 heterocycles. The van der Waals surface area contributed by atoms with Crippen LogP contribution in [0.1, 0.15) is 50.7 Å². The molecule has 2 rings (SSSR count). The lowest BCUT2D eigenvalue weighted by Gasteiger charge is -2.18. The van der Waals surface area contributed by atoms with Crippen LogP contribution in [0.2, 0.25) is 0 Å². The summed E-state index contributed by atoms with van der Waals surface area (Å²) < 4.78 is 0. The highest BCUT2D eigenvalue weighted by atomic mass is 14.8. The Morgan fingerprint density at radius 1 is 0.800 bits per heavy atom. The van der Waals surface area contributed by atoms with Crippen LogP contribution in [-0.2, 0) is 0 Å². The van der Waals surface area contributed by atoms with Gasteiger partial charge in [-0.05, 0) is 34.6 Å². The van der Waals surface area contributed by atoms with Crippen LogP contribution in [0, 0.1) is 0 Å². The predicted octanol–water partition coefficient (Wildman–Crippen LogP) is 5.64. The maximum atomic E-state index is 3.31. The van der Waals surface area contributed by atoms with Crippen molar-refractivity contribution in [1.29, 1.82) is 0 Å². The largest absolute Gasteiger partial charge is 0.388 e. The molecule has 0 bridgehead atoms. The summed E-state index contributed by atoms with van der Waals surface area (Å²) in [6.45, 7) is 9.02. The number of hydrogen-bond acceptors (Lipinski definition) is 1. The molecule has 0 saturated carbocycles. The Kier molecular flexibility index (Phi) is 4.49. The van der Waals surface area contributed by atoms with Crippen LogP contribution in [0.3, 0.4) is 0 Å². The minimum atomic E-state index is 0.524. The molecular weight excluding hydrogens is 242 g/mol. The maximum Gasteiger partial charge on any atom is 0.0417 e. The first-order valence-corrected chi connectivity index (χ1v) is 7.45. The Balaban J connectivity index is 2.66. The van der Waals surface area contributed by atoms with Crippen LogP contribution in [0.4, 0.5) is 5.69 Å². The molecule has 1 heteroatoms.